The molecule has 20 heavy (non-hydrogen) atoms. The first-order valence-electron chi connectivity index (χ1n) is 7.96. The second-order valence-electron chi connectivity index (χ2n) is 6.39. The molecule has 3 atom stereocenters. The van der Waals surface area contributed by atoms with E-state index in [0.717, 1.165) is 18.4 Å². The highest BCUT2D eigenvalue weighted by atomic mass is 14.9. The maximum atomic E-state index is 3.81. The smallest absolute Gasteiger partial charge is 0.0214 e. The molecule has 0 heterocycles. The normalized spacial score (nSPS) is 26.8. The van der Waals surface area contributed by atoms with Gasteiger partial charge in [-0.2, -0.15) is 0 Å². The zero-order valence-corrected chi connectivity index (χ0v) is 12.6. The Morgan fingerprint density at radius 3 is 2.70 bits per heavy atom. The lowest BCUT2D eigenvalue weighted by atomic mass is 9.78. The largest absolute Gasteiger partial charge is 0.310 e. The van der Waals surface area contributed by atoms with Gasteiger partial charge in [0.15, 0.2) is 0 Å². The summed E-state index contributed by atoms with van der Waals surface area (Å²) in [5.74, 6) is 1.65. The van der Waals surface area contributed by atoms with Gasteiger partial charge in [0.1, 0.15) is 0 Å². The Morgan fingerprint density at radius 2 is 1.80 bits per heavy atom. The molecule has 0 amide bonds. The topological polar surface area (TPSA) is 12.0 Å². The second-order valence-corrected chi connectivity index (χ2v) is 6.39. The van der Waals surface area contributed by atoms with Gasteiger partial charge in [-0.05, 0) is 34.6 Å². The van der Waals surface area contributed by atoms with Crippen molar-refractivity contribution in [2.45, 2.75) is 45.7 Å². The molecule has 1 aliphatic rings. The summed E-state index contributed by atoms with van der Waals surface area (Å²) in [5.41, 5.74) is 1.42. The van der Waals surface area contributed by atoms with Gasteiger partial charge in [0, 0.05) is 12.6 Å². The standard InChI is InChI=1S/C19H25N/c1-14-7-5-12-19(15(14)2)20-13-17-10-6-9-16-8-3-4-11-18(16)17/h3-4,6,8-11,14-15,19-20H,5,7,12-13H2,1-2H3. The van der Waals surface area contributed by atoms with E-state index in [4.69, 9.17) is 0 Å². The molecule has 2 aromatic rings. The fourth-order valence-electron chi connectivity index (χ4n) is 3.56. The van der Waals surface area contributed by atoms with E-state index in [9.17, 15) is 0 Å². The van der Waals surface area contributed by atoms with Crippen molar-refractivity contribution in [2.24, 2.45) is 11.8 Å². The molecule has 3 rings (SSSR count). The Labute approximate surface area is 122 Å². The van der Waals surface area contributed by atoms with Crippen molar-refractivity contribution < 1.29 is 0 Å². The molecule has 0 aliphatic heterocycles. The van der Waals surface area contributed by atoms with E-state index in [-0.39, 0.29) is 0 Å². The fourth-order valence-corrected chi connectivity index (χ4v) is 3.56. The monoisotopic (exact) mass is 267 g/mol. The lowest BCUT2D eigenvalue weighted by Gasteiger charge is -2.35. The van der Waals surface area contributed by atoms with Gasteiger partial charge in [-0.3, -0.25) is 0 Å². The lowest BCUT2D eigenvalue weighted by molar-refractivity contribution is 0.206. The molecule has 0 saturated heterocycles. The third-order valence-corrected chi connectivity index (χ3v) is 5.14. The summed E-state index contributed by atoms with van der Waals surface area (Å²) < 4.78 is 0. The quantitative estimate of drug-likeness (QED) is 0.846. The molecule has 1 heteroatoms. The van der Waals surface area contributed by atoms with E-state index in [1.807, 2.05) is 0 Å². The molecule has 1 saturated carbocycles. The van der Waals surface area contributed by atoms with Crippen molar-refractivity contribution in [3.05, 3.63) is 48.0 Å². The first-order valence-corrected chi connectivity index (χ1v) is 7.96. The van der Waals surface area contributed by atoms with Gasteiger partial charge in [0.2, 0.25) is 0 Å². The second kappa shape index (κ2) is 5.97. The zero-order valence-electron chi connectivity index (χ0n) is 12.6. The molecule has 0 spiro atoms. The van der Waals surface area contributed by atoms with Gasteiger partial charge in [-0.15, -0.1) is 0 Å². The van der Waals surface area contributed by atoms with E-state index in [2.05, 4.69) is 61.6 Å². The van der Waals surface area contributed by atoms with Crippen LogP contribution in [-0.4, -0.2) is 6.04 Å². The molecule has 1 nitrogen and oxygen atoms in total. The summed E-state index contributed by atoms with van der Waals surface area (Å²) >= 11 is 0. The molecule has 3 unspecified atom stereocenters. The van der Waals surface area contributed by atoms with Gasteiger partial charge >= 0.3 is 0 Å². The molecule has 1 N–H and O–H groups in total. The van der Waals surface area contributed by atoms with E-state index in [1.54, 1.807) is 0 Å². The van der Waals surface area contributed by atoms with Crippen molar-refractivity contribution in [2.75, 3.05) is 0 Å². The first kappa shape index (κ1) is 13.6. The number of benzene rings is 2. The average molecular weight is 267 g/mol. The van der Waals surface area contributed by atoms with Crippen LogP contribution in [0.3, 0.4) is 0 Å². The molecule has 0 aromatic heterocycles. The third kappa shape index (κ3) is 2.73. The van der Waals surface area contributed by atoms with Gasteiger partial charge in [-0.25, -0.2) is 0 Å². The Bertz CT molecular complexity index is 569. The van der Waals surface area contributed by atoms with Crippen LogP contribution in [0, 0.1) is 11.8 Å². The zero-order chi connectivity index (χ0) is 13.9. The summed E-state index contributed by atoms with van der Waals surface area (Å²) in [4.78, 5) is 0. The summed E-state index contributed by atoms with van der Waals surface area (Å²) in [7, 11) is 0. The average Bonchev–Trinajstić information content (AvgIpc) is 2.49. The van der Waals surface area contributed by atoms with Crippen LogP contribution in [0.25, 0.3) is 10.8 Å². The number of hydrogen-bond acceptors (Lipinski definition) is 1. The number of hydrogen-bond donors (Lipinski definition) is 1. The first-order chi connectivity index (χ1) is 9.75. The summed E-state index contributed by atoms with van der Waals surface area (Å²) in [6.45, 7) is 5.80. The Morgan fingerprint density at radius 1 is 1.00 bits per heavy atom. The molecule has 0 bridgehead atoms. The minimum Gasteiger partial charge on any atom is -0.310 e. The van der Waals surface area contributed by atoms with Gasteiger partial charge in [-0.1, -0.05) is 69.2 Å². The van der Waals surface area contributed by atoms with Gasteiger partial charge in [0.25, 0.3) is 0 Å². The van der Waals surface area contributed by atoms with Crippen LogP contribution in [-0.2, 0) is 6.54 Å². The highest BCUT2D eigenvalue weighted by molar-refractivity contribution is 5.85. The summed E-state index contributed by atoms with van der Waals surface area (Å²) in [6.07, 6.45) is 4.10. The number of fused-ring (bicyclic) bond motifs is 1. The van der Waals surface area contributed by atoms with Crippen LogP contribution < -0.4 is 5.32 Å². The fraction of sp³-hybridized carbons (Fsp3) is 0.474. The molecular weight excluding hydrogens is 242 g/mol. The van der Waals surface area contributed by atoms with Crippen molar-refractivity contribution >= 4 is 10.8 Å². The van der Waals surface area contributed by atoms with Crippen molar-refractivity contribution in [1.82, 2.24) is 5.32 Å². The highest BCUT2D eigenvalue weighted by Crippen LogP contribution is 2.30. The van der Waals surface area contributed by atoms with Crippen LogP contribution in [0.5, 0.6) is 0 Å². The van der Waals surface area contributed by atoms with Crippen molar-refractivity contribution in [3.8, 4) is 0 Å². The maximum absolute atomic E-state index is 3.81. The number of rotatable bonds is 3. The van der Waals surface area contributed by atoms with Crippen molar-refractivity contribution in [3.63, 3.8) is 0 Å². The predicted octanol–water partition coefficient (Wildman–Crippen LogP) is 4.75. The van der Waals surface area contributed by atoms with E-state index < -0.39 is 0 Å². The SMILES string of the molecule is CC1CCCC(NCc2cccc3ccccc23)C1C. The minimum absolute atomic E-state index is 0.678. The van der Waals surface area contributed by atoms with Crippen LogP contribution in [0.4, 0.5) is 0 Å². The Balaban J connectivity index is 1.74. The minimum atomic E-state index is 0.678. The molecular formula is C19H25N. The van der Waals surface area contributed by atoms with Gasteiger partial charge in [0.05, 0.1) is 0 Å². The molecule has 1 fully saturated rings. The van der Waals surface area contributed by atoms with E-state index >= 15 is 0 Å². The molecule has 2 aromatic carbocycles. The Hall–Kier alpha value is -1.34. The van der Waals surface area contributed by atoms with Crippen LogP contribution in [0.2, 0.25) is 0 Å². The summed E-state index contributed by atoms with van der Waals surface area (Å²) in [5, 5.41) is 6.54. The maximum Gasteiger partial charge on any atom is 0.0214 e. The van der Waals surface area contributed by atoms with E-state index in [0.29, 0.717) is 6.04 Å². The Kier molecular flexibility index (Phi) is 4.07. The molecule has 0 radical (unpaired) electrons. The summed E-state index contributed by atoms with van der Waals surface area (Å²) in [6, 6.07) is 16.0. The van der Waals surface area contributed by atoms with Crippen LogP contribution in [0.15, 0.2) is 42.5 Å². The van der Waals surface area contributed by atoms with Crippen LogP contribution in [0.1, 0.15) is 38.7 Å². The third-order valence-electron chi connectivity index (χ3n) is 5.14. The molecule has 106 valence electrons. The lowest BCUT2D eigenvalue weighted by Crippen LogP contribution is -2.40. The highest BCUT2D eigenvalue weighted by Gasteiger charge is 2.26. The van der Waals surface area contributed by atoms with Gasteiger partial charge < -0.3 is 5.32 Å². The van der Waals surface area contributed by atoms with E-state index in [1.165, 1.54) is 35.6 Å². The number of nitrogens with one attached hydrogen (secondary N) is 1. The predicted molar refractivity (Wildman–Crippen MR) is 86.8 cm³/mol. The van der Waals surface area contributed by atoms with Crippen LogP contribution >= 0.6 is 0 Å². The molecule has 1 aliphatic carbocycles. The van der Waals surface area contributed by atoms with Crippen molar-refractivity contribution in [1.29, 1.82) is 0 Å².